The fourth-order valence-electron chi connectivity index (χ4n) is 4.99. The number of hydrogen-bond donors (Lipinski definition) is 0. The van der Waals surface area contributed by atoms with Gasteiger partial charge in [-0.15, -0.1) is 0 Å². The lowest BCUT2D eigenvalue weighted by Crippen LogP contribution is -2.44. The topological polar surface area (TPSA) is 26.3 Å². The van der Waals surface area contributed by atoms with Gasteiger partial charge < -0.3 is 4.74 Å². The van der Waals surface area contributed by atoms with Gasteiger partial charge in [0.25, 0.3) is 0 Å². The number of rotatable bonds is 2. The Morgan fingerprint density at radius 2 is 2.00 bits per heavy atom. The van der Waals surface area contributed by atoms with Crippen LogP contribution in [0.2, 0.25) is 0 Å². The predicted octanol–water partition coefficient (Wildman–Crippen LogP) is 4.35. The van der Waals surface area contributed by atoms with Gasteiger partial charge in [-0.05, 0) is 75.7 Å². The monoisotopic (exact) mass is 276 g/mol. The smallest absolute Gasteiger partial charge is 0.312 e. The molecule has 3 aliphatic rings. The number of hydrogen-bond acceptors (Lipinski definition) is 2. The number of allylic oxidation sites excluding steroid dienone is 1. The summed E-state index contributed by atoms with van der Waals surface area (Å²) in [7, 11) is 0. The highest BCUT2D eigenvalue weighted by atomic mass is 16.6. The van der Waals surface area contributed by atoms with Crippen molar-refractivity contribution >= 4 is 5.97 Å². The molecule has 2 bridgehead atoms. The molecule has 20 heavy (non-hydrogen) atoms. The molecule has 0 aromatic carbocycles. The summed E-state index contributed by atoms with van der Waals surface area (Å²) in [6.07, 6.45) is 9.70. The van der Waals surface area contributed by atoms with E-state index in [9.17, 15) is 4.79 Å². The Balaban J connectivity index is 1.75. The highest BCUT2D eigenvalue weighted by Gasteiger charge is 2.59. The average Bonchev–Trinajstić information content (AvgIpc) is 2.88. The zero-order valence-electron chi connectivity index (χ0n) is 13.3. The van der Waals surface area contributed by atoms with Gasteiger partial charge >= 0.3 is 5.97 Å². The van der Waals surface area contributed by atoms with E-state index in [-0.39, 0.29) is 17.0 Å². The zero-order chi connectivity index (χ0) is 14.5. The molecule has 2 fully saturated rings. The second-order valence-electron chi connectivity index (χ2n) is 7.94. The van der Waals surface area contributed by atoms with Crippen molar-refractivity contribution in [3.05, 3.63) is 12.2 Å². The van der Waals surface area contributed by atoms with Crippen molar-refractivity contribution in [1.82, 2.24) is 0 Å². The third kappa shape index (κ3) is 2.03. The van der Waals surface area contributed by atoms with Crippen LogP contribution in [0.15, 0.2) is 12.2 Å². The summed E-state index contributed by atoms with van der Waals surface area (Å²) in [5, 5.41) is 0. The molecule has 0 spiro atoms. The summed E-state index contributed by atoms with van der Waals surface area (Å²) in [6.45, 7) is 8.88. The maximum Gasteiger partial charge on any atom is 0.312 e. The Morgan fingerprint density at radius 1 is 1.25 bits per heavy atom. The summed E-state index contributed by atoms with van der Waals surface area (Å²) in [6, 6.07) is 0. The molecule has 0 saturated heterocycles. The molecule has 0 N–H and O–H groups in total. The van der Waals surface area contributed by atoms with E-state index in [2.05, 4.69) is 39.8 Å². The molecular formula is C18H28O2. The lowest BCUT2D eigenvalue weighted by Gasteiger charge is -2.41. The van der Waals surface area contributed by atoms with Crippen LogP contribution in [-0.4, -0.2) is 11.6 Å². The molecular weight excluding hydrogens is 248 g/mol. The van der Waals surface area contributed by atoms with Crippen molar-refractivity contribution in [2.24, 2.45) is 29.1 Å². The summed E-state index contributed by atoms with van der Waals surface area (Å²) in [4.78, 5) is 12.8. The molecule has 0 aromatic rings. The van der Waals surface area contributed by atoms with E-state index in [1.165, 1.54) is 6.42 Å². The Hall–Kier alpha value is -0.790. The zero-order valence-corrected chi connectivity index (χ0v) is 13.3. The molecule has 0 heterocycles. The SMILES string of the molecule is CC1C2CC(C1C)C(C)(C(=O)OC1(C)C=CCCC1)C2. The number of esters is 1. The van der Waals surface area contributed by atoms with Gasteiger partial charge in [0.1, 0.15) is 5.60 Å². The van der Waals surface area contributed by atoms with Crippen molar-refractivity contribution in [3.63, 3.8) is 0 Å². The van der Waals surface area contributed by atoms with Gasteiger partial charge in [0.05, 0.1) is 5.41 Å². The van der Waals surface area contributed by atoms with Crippen LogP contribution in [0.25, 0.3) is 0 Å². The van der Waals surface area contributed by atoms with Crippen molar-refractivity contribution in [1.29, 1.82) is 0 Å². The van der Waals surface area contributed by atoms with Crippen LogP contribution in [0.4, 0.5) is 0 Å². The normalized spacial score (nSPS) is 50.4. The Labute approximate surface area is 123 Å². The van der Waals surface area contributed by atoms with Crippen LogP contribution in [0.5, 0.6) is 0 Å². The standard InChI is InChI=1S/C18H28O2/c1-12-13(2)15-10-14(12)11-18(15,4)16(19)20-17(3)8-6-5-7-9-17/h6,8,12-15H,5,7,9-11H2,1-4H3. The van der Waals surface area contributed by atoms with E-state index >= 15 is 0 Å². The predicted molar refractivity (Wildman–Crippen MR) is 80.1 cm³/mol. The first-order valence-electron chi connectivity index (χ1n) is 8.27. The van der Waals surface area contributed by atoms with Gasteiger partial charge in [-0.25, -0.2) is 0 Å². The highest BCUT2D eigenvalue weighted by Crippen LogP contribution is 2.61. The van der Waals surface area contributed by atoms with Crippen LogP contribution in [0.1, 0.15) is 59.8 Å². The molecule has 0 aromatic heterocycles. The van der Waals surface area contributed by atoms with E-state index in [1.807, 2.05) is 0 Å². The van der Waals surface area contributed by atoms with Crippen molar-refractivity contribution in [2.75, 3.05) is 0 Å². The summed E-state index contributed by atoms with van der Waals surface area (Å²) >= 11 is 0. The second kappa shape index (κ2) is 4.61. The molecule has 2 saturated carbocycles. The molecule has 0 amide bonds. The fourth-order valence-corrected chi connectivity index (χ4v) is 4.99. The Morgan fingerprint density at radius 3 is 2.55 bits per heavy atom. The van der Waals surface area contributed by atoms with Crippen LogP contribution in [-0.2, 0) is 9.53 Å². The van der Waals surface area contributed by atoms with Gasteiger partial charge in [-0.2, -0.15) is 0 Å². The first-order chi connectivity index (χ1) is 9.36. The van der Waals surface area contributed by atoms with Gasteiger partial charge in [0.15, 0.2) is 0 Å². The van der Waals surface area contributed by atoms with Gasteiger partial charge in [0.2, 0.25) is 0 Å². The van der Waals surface area contributed by atoms with E-state index in [1.54, 1.807) is 0 Å². The van der Waals surface area contributed by atoms with E-state index in [4.69, 9.17) is 4.74 Å². The van der Waals surface area contributed by atoms with E-state index in [0.29, 0.717) is 11.8 Å². The highest BCUT2D eigenvalue weighted by molar-refractivity contribution is 5.78. The molecule has 6 unspecified atom stereocenters. The minimum Gasteiger partial charge on any atom is -0.455 e. The molecule has 3 aliphatic carbocycles. The maximum atomic E-state index is 12.8. The second-order valence-corrected chi connectivity index (χ2v) is 7.94. The largest absolute Gasteiger partial charge is 0.455 e. The third-order valence-electron chi connectivity index (χ3n) is 6.58. The van der Waals surface area contributed by atoms with E-state index < -0.39 is 0 Å². The molecule has 2 heteroatoms. The summed E-state index contributed by atoms with van der Waals surface area (Å²) in [5.74, 6) is 2.72. The first kappa shape index (κ1) is 14.2. The Kier molecular flexibility index (Phi) is 3.26. The number of carbonyl (C=O) groups is 1. The fraction of sp³-hybridized carbons (Fsp3) is 0.833. The lowest BCUT2D eigenvalue weighted by atomic mass is 9.66. The molecule has 6 atom stereocenters. The summed E-state index contributed by atoms with van der Waals surface area (Å²) in [5.41, 5.74) is -0.611. The third-order valence-corrected chi connectivity index (χ3v) is 6.58. The van der Waals surface area contributed by atoms with Gasteiger partial charge in [0, 0.05) is 0 Å². The first-order valence-corrected chi connectivity index (χ1v) is 8.27. The van der Waals surface area contributed by atoms with Crippen molar-refractivity contribution < 1.29 is 9.53 Å². The van der Waals surface area contributed by atoms with Crippen LogP contribution < -0.4 is 0 Å². The molecule has 2 nitrogen and oxygen atoms in total. The number of carbonyl (C=O) groups excluding carboxylic acids is 1. The Bertz CT molecular complexity index is 439. The number of fused-ring (bicyclic) bond motifs is 2. The lowest BCUT2D eigenvalue weighted by molar-refractivity contribution is -0.171. The molecule has 0 aliphatic heterocycles. The number of ether oxygens (including phenoxy) is 1. The average molecular weight is 276 g/mol. The van der Waals surface area contributed by atoms with Crippen LogP contribution in [0.3, 0.4) is 0 Å². The van der Waals surface area contributed by atoms with E-state index in [0.717, 1.165) is 37.5 Å². The van der Waals surface area contributed by atoms with Gasteiger partial charge in [-0.3, -0.25) is 4.79 Å². The van der Waals surface area contributed by atoms with Crippen molar-refractivity contribution in [3.8, 4) is 0 Å². The molecule has 112 valence electrons. The summed E-state index contributed by atoms with van der Waals surface area (Å²) < 4.78 is 5.98. The van der Waals surface area contributed by atoms with Gasteiger partial charge in [-0.1, -0.05) is 19.9 Å². The maximum absolute atomic E-state index is 12.8. The van der Waals surface area contributed by atoms with Crippen LogP contribution >= 0.6 is 0 Å². The molecule has 0 radical (unpaired) electrons. The minimum atomic E-state index is -0.366. The van der Waals surface area contributed by atoms with Crippen LogP contribution in [0, 0.1) is 29.1 Å². The minimum absolute atomic E-state index is 0.0535. The quantitative estimate of drug-likeness (QED) is 0.554. The molecule has 3 rings (SSSR count). The van der Waals surface area contributed by atoms with Crippen molar-refractivity contribution in [2.45, 2.75) is 65.4 Å².